The zero-order valence-corrected chi connectivity index (χ0v) is 20.4. The van der Waals surface area contributed by atoms with Crippen molar-refractivity contribution in [1.82, 2.24) is 0 Å². The molecule has 0 aliphatic heterocycles. The van der Waals surface area contributed by atoms with Gasteiger partial charge in [0.05, 0.1) is 0 Å². The molecule has 1 aliphatic carbocycles. The van der Waals surface area contributed by atoms with Crippen molar-refractivity contribution in [2.24, 2.45) is 11.8 Å². The van der Waals surface area contributed by atoms with Gasteiger partial charge in [0.25, 0.3) is 0 Å². The first-order valence-corrected chi connectivity index (χ1v) is 11.7. The Morgan fingerprint density at radius 3 is 2.43 bits per heavy atom. The average molecular weight is 563 g/mol. The van der Waals surface area contributed by atoms with E-state index in [9.17, 15) is 0 Å². The van der Waals surface area contributed by atoms with E-state index in [4.69, 9.17) is 16.3 Å². The molecule has 0 heterocycles. The van der Waals surface area contributed by atoms with Crippen LogP contribution in [0.3, 0.4) is 0 Å². The monoisotopic (exact) mass is 562 g/mol. The number of hydrogen-bond acceptors (Lipinski definition) is 1. The average Bonchev–Trinajstić information content (AvgIpc) is 2.68. The van der Waals surface area contributed by atoms with Crippen LogP contribution in [-0.4, -0.2) is 10.2 Å². The summed E-state index contributed by atoms with van der Waals surface area (Å²) in [7, 11) is 0. The van der Waals surface area contributed by atoms with Crippen molar-refractivity contribution in [2.45, 2.75) is 51.6 Å². The van der Waals surface area contributed by atoms with E-state index in [1.807, 2.05) is 24.3 Å². The topological polar surface area (TPSA) is 9.23 Å². The number of ether oxygens (including phenoxy) is 1. The SMILES string of the molecule is C[C@@H]1CC[C@@H](C(C)(C)c2ccccc2)[C@H](O[C](=[W])C#Cc2ccc(Cl)cc2)C1. The number of benzene rings is 2. The van der Waals surface area contributed by atoms with Gasteiger partial charge < -0.3 is 0 Å². The Morgan fingerprint density at radius 2 is 1.75 bits per heavy atom. The first-order chi connectivity index (χ1) is 13.4. The van der Waals surface area contributed by atoms with Crippen LogP contribution in [0, 0.1) is 23.7 Å². The third kappa shape index (κ3) is 5.45. The van der Waals surface area contributed by atoms with Crippen molar-refractivity contribution in [3.05, 3.63) is 70.7 Å². The first-order valence-electron chi connectivity index (χ1n) is 9.90. The molecule has 3 rings (SSSR count). The zero-order chi connectivity index (χ0) is 20.1. The van der Waals surface area contributed by atoms with Crippen LogP contribution in [-0.2, 0) is 29.5 Å². The summed E-state index contributed by atoms with van der Waals surface area (Å²) in [6.45, 7) is 7.06. The van der Waals surface area contributed by atoms with Crippen molar-refractivity contribution >= 4 is 15.7 Å². The van der Waals surface area contributed by atoms with E-state index in [0.717, 1.165) is 21.1 Å². The van der Waals surface area contributed by atoms with Crippen molar-refractivity contribution in [3.8, 4) is 11.8 Å². The second-order valence-corrected chi connectivity index (χ2v) is 10.1. The van der Waals surface area contributed by atoms with Gasteiger partial charge in [0, 0.05) is 0 Å². The second kappa shape index (κ2) is 9.54. The summed E-state index contributed by atoms with van der Waals surface area (Å²) in [6, 6.07) is 18.5. The van der Waals surface area contributed by atoms with E-state index in [1.54, 1.807) is 0 Å². The summed E-state index contributed by atoms with van der Waals surface area (Å²) >= 11 is 7.24. The molecule has 3 heteroatoms. The van der Waals surface area contributed by atoms with Crippen LogP contribution in [0.25, 0.3) is 0 Å². The summed E-state index contributed by atoms with van der Waals surface area (Å²) in [5.74, 6) is 7.62. The second-order valence-electron chi connectivity index (χ2n) is 8.31. The summed E-state index contributed by atoms with van der Waals surface area (Å²) in [4.78, 5) is 0. The molecule has 0 N–H and O–H groups in total. The van der Waals surface area contributed by atoms with Gasteiger partial charge in [-0.25, -0.2) is 0 Å². The van der Waals surface area contributed by atoms with Gasteiger partial charge in [-0.3, -0.25) is 0 Å². The molecule has 1 nitrogen and oxygen atoms in total. The minimum absolute atomic E-state index is 0.0747. The molecule has 146 valence electrons. The number of hydrogen-bond donors (Lipinski definition) is 0. The summed E-state index contributed by atoms with van der Waals surface area (Å²) in [6.07, 6.45) is 3.77. The molecular weight excluding hydrogens is 536 g/mol. The van der Waals surface area contributed by atoms with E-state index in [2.05, 4.69) is 62.9 Å². The first kappa shape index (κ1) is 21.5. The zero-order valence-electron chi connectivity index (χ0n) is 16.7. The molecule has 0 saturated heterocycles. The molecule has 1 fully saturated rings. The predicted molar refractivity (Wildman–Crippen MR) is 114 cm³/mol. The molecule has 2 aromatic rings. The normalized spacial score (nSPS) is 22.2. The van der Waals surface area contributed by atoms with Gasteiger partial charge in [-0.05, 0) is 0 Å². The Hall–Kier alpha value is -1.19. The van der Waals surface area contributed by atoms with Crippen molar-refractivity contribution in [3.63, 3.8) is 0 Å². The van der Waals surface area contributed by atoms with Gasteiger partial charge in [0.2, 0.25) is 0 Å². The van der Waals surface area contributed by atoms with Crippen molar-refractivity contribution in [2.75, 3.05) is 0 Å². The molecular formula is C25H27ClOW. The van der Waals surface area contributed by atoms with Gasteiger partial charge in [0.1, 0.15) is 0 Å². The maximum absolute atomic E-state index is 6.48. The summed E-state index contributed by atoms with van der Waals surface area (Å²) in [5, 5.41) is 0.732. The molecule has 0 aromatic heterocycles. The molecule has 0 radical (unpaired) electrons. The van der Waals surface area contributed by atoms with Gasteiger partial charge in [0.15, 0.2) is 0 Å². The fraction of sp³-hybridized carbons (Fsp3) is 0.400. The van der Waals surface area contributed by atoms with Gasteiger partial charge in [-0.2, -0.15) is 0 Å². The van der Waals surface area contributed by atoms with E-state index >= 15 is 0 Å². The minimum atomic E-state index is 0.0747. The van der Waals surface area contributed by atoms with E-state index < -0.39 is 0 Å². The Bertz CT molecular complexity index is 861. The molecule has 1 aliphatic rings. The van der Waals surface area contributed by atoms with E-state index in [0.29, 0.717) is 11.8 Å². The van der Waals surface area contributed by atoms with Crippen LogP contribution < -0.4 is 0 Å². The van der Waals surface area contributed by atoms with E-state index in [1.165, 1.54) is 37.8 Å². The molecule has 0 bridgehead atoms. The Labute approximate surface area is 185 Å². The van der Waals surface area contributed by atoms with Crippen LogP contribution >= 0.6 is 11.6 Å². The van der Waals surface area contributed by atoms with Crippen LogP contribution in [0.15, 0.2) is 54.6 Å². The molecule has 0 amide bonds. The molecule has 1 saturated carbocycles. The summed E-state index contributed by atoms with van der Waals surface area (Å²) < 4.78 is 7.36. The molecule has 2 aromatic carbocycles. The Balaban J connectivity index is 1.76. The van der Waals surface area contributed by atoms with Crippen LogP contribution in [0.5, 0.6) is 0 Å². The van der Waals surface area contributed by atoms with Crippen LogP contribution in [0.2, 0.25) is 5.02 Å². The number of halogens is 1. The van der Waals surface area contributed by atoms with Crippen molar-refractivity contribution in [1.29, 1.82) is 0 Å². The summed E-state index contributed by atoms with van der Waals surface area (Å²) in [5.41, 5.74) is 2.43. The predicted octanol–water partition coefficient (Wildman–Crippen LogP) is 6.17. The van der Waals surface area contributed by atoms with E-state index in [-0.39, 0.29) is 11.5 Å². The fourth-order valence-electron chi connectivity index (χ4n) is 4.19. The van der Waals surface area contributed by atoms with Gasteiger partial charge in [-0.1, -0.05) is 0 Å². The third-order valence-corrected chi connectivity index (χ3v) is 6.87. The molecule has 28 heavy (non-hydrogen) atoms. The third-order valence-electron chi connectivity index (χ3n) is 5.91. The number of rotatable bonds is 4. The molecule has 0 unspecified atom stereocenters. The van der Waals surface area contributed by atoms with Crippen LogP contribution in [0.1, 0.15) is 51.2 Å². The van der Waals surface area contributed by atoms with Gasteiger partial charge in [-0.15, -0.1) is 0 Å². The van der Waals surface area contributed by atoms with Crippen molar-refractivity contribution < 1.29 is 24.1 Å². The standard InChI is InChI=1S/C25H27ClO.W/c1-19-11-16-23(25(2,3)21-9-5-4-6-10-21)24(18-19)27-17-7-8-20-12-14-22(26)15-13-20;/h4-6,9-10,12-15,19,23-24H,11,16,18H2,1-3H3;/t19-,23-,24-;/m1./s1. The van der Waals surface area contributed by atoms with Gasteiger partial charge >= 0.3 is 186 Å². The quantitative estimate of drug-likeness (QED) is 0.405. The molecule has 3 atom stereocenters. The maximum atomic E-state index is 6.48. The Morgan fingerprint density at radius 1 is 1.07 bits per heavy atom. The fourth-order valence-corrected chi connectivity index (χ4v) is 4.94. The Kier molecular flexibility index (Phi) is 7.33. The molecule has 0 spiro atoms. The van der Waals surface area contributed by atoms with Crippen LogP contribution in [0.4, 0.5) is 0 Å².